The maximum absolute atomic E-state index is 12.3. The largest absolute Gasteiger partial charge is 0.368 e. The van der Waals surface area contributed by atoms with Crippen molar-refractivity contribution < 1.29 is 14.3 Å². The number of rotatable bonds is 8. The molecule has 1 saturated heterocycles. The Morgan fingerprint density at radius 1 is 1.09 bits per heavy atom. The normalized spacial score (nSPS) is 15.2. The first kappa shape index (κ1) is 21.3. The molecule has 3 aromatic rings. The van der Waals surface area contributed by atoms with Gasteiger partial charge >= 0.3 is 0 Å². The van der Waals surface area contributed by atoms with Gasteiger partial charge in [-0.1, -0.05) is 36.4 Å². The Kier molecular flexibility index (Phi) is 6.57. The second-order valence-corrected chi connectivity index (χ2v) is 7.36. The average molecular weight is 432 g/mol. The molecule has 1 atom stereocenters. The van der Waals surface area contributed by atoms with Crippen molar-refractivity contribution in [3.8, 4) is 0 Å². The van der Waals surface area contributed by atoms with Gasteiger partial charge in [-0.3, -0.25) is 9.59 Å². The van der Waals surface area contributed by atoms with Gasteiger partial charge in [0.15, 0.2) is 0 Å². The molecule has 1 aliphatic heterocycles. The van der Waals surface area contributed by atoms with Crippen molar-refractivity contribution >= 4 is 35.0 Å². The standard InChI is InChI=1S/C23H24N6O3/c24-20(30)18-14-26-23(29-21(18)25-13-15-6-2-1-3-7-15)28-17-9-4-8-16(12-17)27-22(31)19-10-5-11-32-19/h1-4,6-9,12,14,19H,5,10-11,13H2,(H2,24,30)(H,27,31)(H2,25,26,28,29)/t19-/m1/s1. The van der Waals surface area contributed by atoms with E-state index in [4.69, 9.17) is 10.5 Å². The van der Waals surface area contributed by atoms with Crippen molar-refractivity contribution in [1.82, 2.24) is 9.97 Å². The molecule has 0 spiro atoms. The lowest BCUT2D eigenvalue weighted by Crippen LogP contribution is -2.26. The Hall–Kier alpha value is -3.98. The van der Waals surface area contributed by atoms with E-state index in [1.54, 1.807) is 18.2 Å². The Morgan fingerprint density at radius 2 is 1.91 bits per heavy atom. The third-order valence-electron chi connectivity index (χ3n) is 4.97. The number of aromatic nitrogens is 2. The molecule has 1 fully saturated rings. The zero-order valence-electron chi connectivity index (χ0n) is 17.4. The molecule has 0 aliphatic carbocycles. The molecule has 2 aromatic carbocycles. The SMILES string of the molecule is NC(=O)c1cnc(Nc2cccc(NC(=O)[C@H]3CCCO3)c2)nc1NCc1ccccc1. The monoisotopic (exact) mass is 432 g/mol. The molecular weight excluding hydrogens is 408 g/mol. The fourth-order valence-corrected chi connectivity index (χ4v) is 3.35. The van der Waals surface area contributed by atoms with Crippen LogP contribution >= 0.6 is 0 Å². The summed E-state index contributed by atoms with van der Waals surface area (Å²) in [5.41, 5.74) is 8.01. The van der Waals surface area contributed by atoms with Crippen LogP contribution in [0.3, 0.4) is 0 Å². The van der Waals surface area contributed by atoms with Gasteiger partial charge in [-0.25, -0.2) is 4.98 Å². The summed E-state index contributed by atoms with van der Waals surface area (Å²) < 4.78 is 5.42. The number of anilines is 4. The predicted molar refractivity (Wildman–Crippen MR) is 122 cm³/mol. The van der Waals surface area contributed by atoms with E-state index in [1.807, 2.05) is 36.4 Å². The van der Waals surface area contributed by atoms with E-state index >= 15 is 0 Å². The lowest BCUT2D eigenvalue weighted by Gasteiger charge is -2.13. The number of carbonyl (C=O) groups is 2. The highest BCUT2D eigenvalue weighted by molar-refractivity contribution is 5.97. The van der Waals surface area contributed by atoms with E-state index < -0.39 is 12.0 Å². The Labute approximate surface area is 185 Å². The molecule has 4 rings (SSSR count). The van der Waals surface area contributed by atoms with Crippen molar-refractivity contribution in [2.75, 3.05) is 22.6 Å². The highest BCUT2D eigenvalue weighted by Gasteiger charge is 2.23. The Morgan fingerprint density at radius 3 is 2.66 bits per heavy atom. The summed E-state index contributed by atoms with van der Waals surface area (Å²) in [7, 11) is 0. The van der Waals surface area contributed by atoms with Crippen LogP contribution in [0.15, 0.2) is 60.8 Å². The quantitative estimate of drug-likeness (QED) is 0.430. The van der Waals surface area contributed by atoms with Crippen LogP contribution in [0.1, 0.15) is 28.8 Å². The second-order valence-electron chi connectivity index (χ2n) is 7.36. The number of nitrogens with two attached hydrogens (primary N) is 1. The van der Waals surface area contributed by atoms with Crippen LogP contribution in [0.25, 0.3) is 0 Å². The second kappa shape index (κ2) is 9.88. The van der Waals surface area contributed by atoms with Gasteiger partial charge in [-0.2, -0.15) is 4.98 Å². The third kappa shape index (κ3) is 5.38. The summed E-state index contributed by atoms with van der Waals surface area (Å²) in [6.45, 7) is 1.08. The van der Waals surface area contributed by atoms with Gasteiger partial charge in [0, 0.05) is 30.7 Å². The average Bonchev–Trinajstić information content (AvgIpc) is 3.34. The third-order valence-corrected chi connectivity index (χ3v) is 4.97. The molecule has 0 saturated carbocycles. The molecule has 9 heteroatoms. The van der Waals surface area contributed by atoms with Crippen molar-refractivity contribution in [1.29, 1.82) is 0 Å². The van der Waals surface area contributed by atoms with Crippen LogP contribution in [-0.2, 0) is 16.1 Å². The zero-order valence-corrected chi connectivity index (χ0v) is 17.4. The number of primary amides is 1. The summed E-state index contributed by atoms with van der Waals surface area (Å²) in [5, 5.41) is 9.10. The van der Waals surface area contributed by atoms with E-state index in [0.717, 1.165) is 18.4 Å². The molecule has 0 bridgehead atoms. The minimum absolute atomic E-state index is 0.158. The molecule has 32 heavy (non-hydrogen) atoms. The van der Waals surface area contributed by atoms with Gasteiger partial charge in [0.05, 0.1) is 5.56 Å². The summed E-state index contributed by atoms with van der Waals surface area (Å²) in [4.78, 5) is 32.7. The fourth-order valence-electron chi connectivity index (χ4n) is 3.35. The fraction of sp³-hybridized carbons (Fsp3) is 0.217. The summed E-state index contributed by atoms with van der Waals surface area (Å²) in [5.74, 6) is -0.157. The smallest absolute Gasteiger partial charge is 0.254 e. The number of benzene rings is 2. The first-order chi connectivity index (χ1) is 15.6. The molecular formula is C23H24N6O3. The minimum Gasteiger partial charge on any atom is -0.368 e. The van der Waals surface area contributed by atoms with Crippen LogP contribution in [0.4, 0.5) is 23.1 Å². The number of hydrogen-bond donors (Lipinski definition) is 4. The molecule has 2 amide bonds. The number of nitrogens with one attached hydrogen (secondary N) is 3. The van der Waals surface area contributed by atoms with Crippen LogP contribution in [0.5, 0.6) is 0 Å². The molecule has 0 radical (unpaired) electrons. The Balaban J connectivity index is 1.47. The highest BCUT2D eigenvalue weighted by atomic mass is 16.5. The number of amides is 2. The predicted octanol–water partition coefficient (Wildman–Crippen LogP) is 3.05. The molecule has 0 unspecified atom stereocenters. The van der Waals surface area contributed by atoms with E-state index in [9.17, 15) is 9.59 Å². The first-order valence-corrected chi connectivity index (χ1v) is 10.3. The van der Waals surface area contributed by atoms with E-state index in [2.05, 4.69) is 25.9 Å². The lowest BCUT2D eigenvalue weighted by molar-refractivity contribution is -0.124. The molecule has 164 valence electrons. The van der Waals surface area contributed by atoms with Crippen LogP contribution in [0.2, 0.25) is 0 Å². The maximum atomic E-state index is 12.3. The number of hydrogen-bond acceptors (Lipinski definition) is 7. The Bertz CT molecular complexity index is 1100. The molecule has 9 nitrogen and oxygen atoms in total. The summed E-state index contributed by atoms with van der Waals surface area (Å²) in [6, 6.07) is 16.9. The van der Waals surface area contributed by atoms with Crippen molar-refractivity contribution in [2.45, 2.75) is 25.5 Å². The zero-order chi connectivity index (χ0) is 22.3. The molecule has 5 N–H and O–H groups in total. The van der Waals surface area contributed by atoms with E-state index in [1.165, 1.54) is 6.20 Å². The topological polar surface area (TPSA) is 131 Å². The highest BCUT2D eigenvalue weighted by Crippen LogP contribution is 2.22. The number of nitrogens with zero attached hydrogens (tertiary/aromatic N) is 2. The molecule has 1 aromatic heterocycles. The van der Waals surface area contributed by atoms with E-state index in [-0.39, 0.29) is 17.4 Å². The van der Waals surface area contributed by atoms with Crippen LogP contribution < -0.4 is 21.7 Å². The lowest BCUT2D eigenvalue weighted by atomic mass is 10.2. The summed E-state index contributed by atoms with van der Waals surface area (Å²) in [6.07, 6.45) is 2.59. The molecule has 1 aliphatic rings. The minimum atomic E-state index is -0.619. The van der Waals surface area contributed by atoms with Gasteiger partial charge in [0.25, 0.3) is 11.8 Å². The van der Waals surface area contributed by atoms with Crippen LogP contribution in [-0.4, -0.2) is 34.5 Å². The van der Waals surface area contributed by atoms with Gasteiger partial charge in [-0.05, 0) is 36.6 Å². The van der Waals surface area contributed by atoms with Gasteiger partial charge in [-0.15, -0.1) is 0 Å². The van der Waals surface area contributed by atoms with Gasteiger partial charge in [0.1, 0.15) is 11.9 Å². The summed E-state index contributed by atoms with van der Waals surface area (Å²) >= 11 is 0. The first-order valence-electron chi connectivity index (χ1n) is 10.3. The van der Waals surface area contributed by atoms with Gasteiger partial charge in [0.2, 0.25) is 5.95 Å². The van der Waals surface area contributed by atoms with Crippen molar-refractivity contribution in [2.24, 2.45) is 5.73 Å². The van der Waals surface area contributed by atoms with Gasteiger partial charge < -0.3 is 26.4 Å². The van der Waals surface area contributed by atoms with Crippen LogP contribution in [0, 0.1) is 0 Å². The number of ether oxygens (including phenoxy) is 1. The number of carbonyl (C=O) groups excluding carboxylic acids is 2. The molecule has 2 heterocycles. The van der Waals surface area contributed by atoms with Crippen molar-refractivity contribution in [3.05, 3.63) is 71.9 Å². The van der Waals surface area contributed by atoms with Crippen molar-refractivity contribution in [3.63, 3.8) is 0 Å². The maximum Gasteiger partial charge on any atom is 0.254 e. The van der Waals surface area contributed by atoms with E-state index in [0.29, 0.717) is 30.3 Å².